The normalized spacial score (nSPS) is 46.7. The second-order valence-corrected chi connectivity index (χ2v) is 8.73. The van der Waals surface area contributed by atoms with Crippen molar-refractivity contribution in [3.8, 4) is 12.3 Å². The first-order valence-electron chi connectivity index (χ1n) is 9.29. The Labute approximate surface area is 145 Å². The predicted octanol–water partition coefficient (Wildman–Crippen LogP) is 3.76. The van der Waals surface area contributed by atoms with E-state index < -0.39 is 5.60 Å². The molecule has 1 fully saturated rings. The molecule has 0 aromatic heterocycles. The van der Waals surface area contributed by atoms with Gasteiger partial charge in [-0.15, -0.1) is 6.42 Å². The van der Waals surface area contributed by atoms with E-state index in [1.54, 1.807) is 5.57 Å². The van der Waals surface area contributed by atoms with Crippen molar-refractivity contribution in [2.45, 2.75) is 58.0 Å². The molecule has 1 saturated carbocycles. The van der Waals surface area contributed by atoms with Gasteiger partial charge in [-0.2, -0.15) is 0 Å². The van der Waals surface area contributed by atoms with E-state index in [1.165, 1.54) is 5.57 Å². The molecule has 0 heterocycles. The number of allylic oxidation sites excluding steroid dienone is 5. The van der Waals surface area contributed by atoms with Crippen LogP contribution in [0.4, 0.5) is 0 Å². The van der Waals surface area contributed by atoms with Gasteiger partial charge in [-0.1, -0.05) is 43.6 Å². The van der Waals surface area contributed by atoms with Gasteiger partial charge >= 0.3 is 0 Å². The van der Waals surface area contributed by atoms with Gasteiger partial charge in [0.25, 0.3) is 0 Å². The summed E-state index contributed by atoms with van der Waals surface area (Å²) >= 11 is 0. The second-order valence-electron chi connectivity index (χ2n) is 8.73. The van der Waals surface area contributed by atoms with Crippen molar-refractivity contribution in [1.29, 1.82) is 0 Å². The van der Waals surface area contributed by atoms with Gasteiger partial charge in [0.2, 0.25) is 0 Å². The molecule has 0 aliphatic heterocycles. The van der Waals surface area contributed by atoms with Crippen LogP contribution in [0.1, 0.15) is 52.4 Å². The Morgan fingerprint density at radius 2 is 2.08 bits per heavy atom. The SMILES string of the molecule is C#C[C@]1(O)CCC2C3CC=C4C=C(CO)CC[C@]4(C)C3=CC[C@@]21C. The molecule has 0 radical (unpaired) electrons. The quantitative estimate of drug-likeness (QED) is 0.569. The highest BCUT2D eigenvalue weighted by molar-refractivity contribution is 5.46. The van der Waals surface area contributed by atoms with E-state index in [0.717, 1.165) is 44.1 Å². The molecule has 2 N–H and O–H groups in total. The smallest absolute Gasteiger partial charge is 0.131 e. The first-order chi connectivity index (χ1) is 11.4. The zero-order chi connectivity index (χ0) is 17.2. The Morgan fingerprint density at radius 3 is 2.79 bits per heavy atom. The Balaban J connectivity index is 1.76. The molecule has 4 aliphatic carbocycles. The minimum atomic E-state index is -0.957. The highest BCUT2D eigenvalue weighted by atomic mass is 16.3. The van der Waals surface area contributed by atoms with E-state index in [2.05, 4.69) is 38.0 Å². The Morgan fingerprint density at radius 1 is 1.29 bits per heavy atom. The van der Waals surface area contributed by atoms with E-state index in [9.17, 15) is 10.2 Å². The average molecular weight is 324 g/mol. The van der Waals surface area contributed by atoms with E-state index in [-0.39, 0.29) is 17.4 Å². The van der Waals surface area contributed by atoms with Gasteiger partial charge in [0, 0.05) is 10.8 Å². The molecule has 2 heteroatoms. The number of hydrogen-bond donors (Lipinski definition) is 2. The number of aliphatic hydroxyl groups excluding tert-OH is 1. The van der Waals surface area contributed by atoms with Crippen molar-refractivity contribution in [2.75, 3.05) is 6.61 Å². The molecular weight excluding hydrogens is 296 g/mol. The van der Waals surface area contributed by atoms with E-state index in [4.69, 9.17) is 6.42 Å². The van der Waals surface area contributed by atoms with Crippen LogP contribution in [-0.4, -0.2) is 22.4 Å². The first-order valence-corrected chi connectivity index (χ1v) is 9.29. The number of terminal acetylenes is 1. The highest BCUT2D eigenvalue weighted by Gasteiger charge is 2.60. The number of rotatable bonds is 1. The maximum absolute atomic E-state index is 11.0. The topological polar surface area (TPSA) is 40.5 Å². The van der Waals surface area contributed by atoms with Crippen LogP contribution in [0.15, 0.2) is 34.9 Å². The third-order valence-corrected chi connectivity index (χ3v) is 7.83. The van der Waals surface area contributed by atoms with E-state index >= 15 is 0 Å². The second kappa shape index (κ2) is 5.10. The molecular formula is C22H28O2. The monoisotopic (exact) mass is 324 g/mol. The van der Waals surface area contributed by atoms with Crippen molar-refractivity contribution in [3.05, 3.63) is 34.9 Å². The van der Waals surface area contributed by atoms with E-state index in [0.29, 0.717) is 11.8 Å². The van der Waals surface area contributed by atoms with Crippen molar-refractivity contribution in [3.63, 3.8) is 0 Å². The van der Waals surface area contributed by atoms with Gasteiger partial charge in [0.05, 0.1) is 6.61 Å². The maximum atomic E-state index is 11.0. The van der Waals surface area contributed by atoms with Crippen LogP contribution in [0.25, 0.3) is 0 Å². The van der Waals surface area contributed by atoms with Crippen LogP contribution in [-0.2, 0) is 0 Å². The first kappa shape index (κ1) is 16.2. The molecule has 0 bridgehead atoms. The predicted molar refractivity (Wildman–Crippen MR) is 96.0 cm³/mol. The van der Waals surface area contributed by atoms with Crippen LogP contribution < -0.4 is 0 Å². The van der Waals surface area contributed by atoms with E-state index in [1.807, 2.05) is 0 Å². The molecule has 0 amide bonds. The molecule has 24 heavy (non-hydrogen) atoms. The standard InChI is InChI=1S/C22H28O2/c1-4-22(24)12-9-19-17-6-5-16-13-15(14-23)7-10-20(16,2)18(17)8-11-21(19,22)3/h1,5,8,13,17,19,23-24H,6-7,9-12,14H2,2-3H3/t17?,19?,20-,21-,22-/m0/s1. The third kappa shape index (κ3) is 1.86. The lowest BCUT2D eigenvalue weighted by Crippen LogP contribution is -2.49. The van der Waals surface area contributed by atoms with Crippen molar-refractivity contribution in [1.82, 2.24) is 0 Å². The maximum Gasteiger partial charge on any atom is 0.131 e. The van der Waals surface area contributed by atoms with Gasteiger partial charge in [-0.05, 0) is 61.5 Å². The van der Waals surface area contributed by atoms with Gasteiger partial charge in [0.1, 0.15) is 5.60 Å². The van der Waals surface area contributed by atoms with Crippen molar-refractivity contribution < 1.29 is 10.2 Å². The molecule has 2 nitrogen and oxygen atoms in total. The summed E-state index contributed by atoms with van der Waals surface area (Å²) in [6.45, 7) is 4.74. The fourth-order valence-corrected chi connectivity index (χ4v) is 6.07. The van der Waals surface area contributed by atoms with Crippen LogP contribution in [0.5, 0.6) is 0 Å². The minimum Gasteiger partial charge on any atom is -0.392 e. The lowest BCUT2D eigenvalue weighted by atomic mass is 9.52. The molecule has 5 atom stereocenters. The molecule has 2 unspecified atom stereocenters. The summed E-state index contributed by atoms with van der Waals surface area (Å²) < 4.78 is 0. The third-order valence-electron chi connectivity index (χ3n) is 7.83. The average Bonchev–Trinajstić information content (AvgIpc) is 2.86. The minimum absolute atomic E-state index is 0.0970. The van der Waals surface area contributed by atoms with Crippen LogP contribution >= 0.6 is 0 Å². The summed E-state index contributed by atoms with van der Waals surface area (Å²) in [7, 11) is 0. The Bertz CT molecular complexity index is 706. The molecule has 128 valence electrons. The highest BCUT2D eigenvalue weighted by Crippen LogP contribution is 2.64. The van der Waals surface area contributed by atoms with Crippen molar-refractivity contribution in [2.24, 2.45) is 22.7 Å². The van der Waals surface area contributed by atoms with Crippen LogP contribution in [0.2, 0.25) is 0 Å². The Kier molecular flexibility index (Phi) is 3.44. The zero-order valence-electron chi connectivity index (χ0n) is 14.8. The number of fused-ring (bicyclic) bond motifs is 5. The molecule has 4 rings (SSSR count). The Hall–Kier alpha value is -1.30. The van der Waals surface area contributed by atoms with Gasteiger partial charge in [-0.3, -0.25) is 0 Å². The largest absolute Gasteiger partial charge is 0.392 e. The number of hydrogen-bond acceptors (Lipinski definition) is 2. The van der Waals surface area contributed by atoms with Gasteiger partial charge in [0.15, 0.2) is 0 Å². The molecule has 0 aromatic carbocycles. The molecule has 0 spiro atoms. The van der Waals surface area contributed by atoms with Gasteiger partial charge in [-0.25, -0.2) is 0 Å². The summed E-state index contributed by atoms with van der Waals surface area (Å²) in [5, 5.41) is 20.5. The fraction of sp³-hybridized carbons (Fsp3) is 0.636. The van der Waals surface area contributed by atoms with Crippen LogP contribution in [0.3, 0.4) is 0 Å². The molecule has 0 saturated heterocycles. The number of aliphatic hydroxyl groups is 2. The lowest BCUT2D eigenvalue weighted by Gasteiger charge is -2.53. The summed E-state index contributed by atoms with van der Waals surface area (Å²) in [4.78, 5) is 0. The van der Waals surface area contributed by atoms with Gasteiger partial charge < -0.3 is 10.2 Å². The molecule has 4 aliphatic rings. The summed E-state index contributed by atoms with van der Waals surface area (Å²) in [5.41, 5.74) is 3.05. The lowest BCUT2D eigenvalue weighted by molar-refractivity contribution is -0.0351. The summed E-state index contributed by atoms with van der Waals surface area (Å²) in [6, 6.07) is 0. The summed E-state index contributed by atoms with van der Waals surface area (Å²) in [5.74, 6) is 3.70. The molecule has 0 aromatic rings. The van der Waals surface area contributed by atoms with Crippen molar-refractivity contribution >= 4 is 0 Å². The van der Waals surface area contributed by atoms with Crippen LogP contribution in [0, 0.1) is 35.0 Å². The zero-order valence-corrected chi connectivity index (χ0v) is 14.8. The summed E-state index contributed by atoms with van der Waals surface area (Å²) in [6.07, 6.45) is 18.5. The fourth-order valence-electron chi connectivity index (χ4n) is 6.07.